The van der Waals surface area contributed by atoms with Crippen LogP contribution in [0.4, 0.5) is 0 Å². The largest absolute Gasteiger partial charge is 0.494 e. The first-order valence-corrected chi connectivity index (χ1v) is 8.42. The van der Waals surface area contributed by atoms with E-state index in [4.69, 9.17) is 4.74 Å². The summed E-state index contributed by atoms with van der Waals surface area (Å²) in [6, 6.07) is 9.80. The van der Waals surface area contributed by atoms with Gasteiger partial charge >= 0.3 is 0 Å². The Kier molecular flexibility index (Phi) is 7.04. The van der Waals surface area contributed by atoms with E-state index in [0.717, 1.165) is 31.4 Å². The molecule has 118 valence electrons. The van der Waals surface area contributed by atoms with Crippen molar-refractivity contribution in [3.05, 3.63) is 29.8 Å². The molecule has 0 unspecified atom stereocenters. The maximum Gasteiger partial charge on any atom is 0.119 e. The Hall–Kier alpha value is -1.06. The third kappa shape index (κ3) is 7.49. The van der Waals surface area contributed by atoms with Gasteiger partial charge < -0.3 is 15.4 Å². The number of ether oxygens (including phenoxy) is 1. The lowest BCUT2D eigenvalue weighted by molar-refractivity contribution is 0.305. The zero-order valence-electron chi connectivity index (χ0n) is 13.5. The summed E-state index contributed by atoms with van der Waals surface area (Å²) in [5.41, 5.74) is 1.31. The molecule has 0 amide bonds. The normalized spacial score (nSPS) is 14.6. The van der Waals surface area contributed by atoms with Crippen LogP contribution in [0.15, 0.2) is 24.3 Å². The molecule has 0 radical (unpaired) electrons. The minimum absolute atomic E-state index is 0.523. The lowest BCUT2D eigenvalue weighted by Gasteiger charge is -2.10. The molecule has 1 fully saturated rings. The highest BCUT2D eigenvalue weighted by molar-refractivity contribution is 5.27. The van der Waals surface area contributed by atoms with Gasteiger partial charge in [-0.15, -0.1) is 0 Å². The molecule has 2 rings (SSSR count). The fourth-order valence-corrected chi connectivity index (χ4v) is 2.21. The van der Waals surface area contributed by atoms with Gasteiger partial charge in [-0.2, -0.15) is 0 Å². The van der Waals surface area contributed by atoms with Crippen LogP contribution in [0.25, 0.3) is 0 Å². The first-order chi connectivity index (χ1) is 10.2. The van der Waals surface area contributed by atoms with Gasteiger partial charge in [0, 0.05) is 18.6 Å². The van der Waals surface area contributed by atoms with Gasteiger partial charge in [0.2, 0.25) is 0 Å². The minimum atomic E-state index is 0.523. The maximum absolute atomic E-state index is 5.79. The summed E-state index contributed by atoms with van der Waals surface area (Å²) >= 11 is 0. The summed E-state index contributed by atoms with van der Waals surface area (Å²) in [6.07, 6.45) is 6.41. The monoisotopic (exact) mass is 290 g/mol. The number of unbranched alkanes of at least 4 members (excludes halogenated alkanes) is 2. The van der Waals surface area contributed by atoms with Crippen molar-refractivity contribution in [2.75, 3.05) is 13.2 Å². The first kappa shape index (κ1) is 16.3. The predicted octanol–water partition coefficient (Wildman–Crippen LogP) is 3.49. The third-order valence-electron chi connectivity index (χ3n) is 3.74. The number of nitrogens with one attached hydrogen (secondary N) is 2. The van der Waals surface area contributed by atoms with Gasteiger partial charge in [0.1, 0.15) is 5.75 Å². The van der Waals surface area contributed by atoms with E-state index in [1.165, 1.54) is 37.8 Å². The van der Waals surface area contributed by atoms with Gasteiger partial charge in [-0.25, -0.2) is 0 Å². The Bertz CT molecular complexity index is 385. The van der Waals surface area contributed by atoms with Crippen molar-refractivity contribution in [3.8, 4) is 5.75 Å². The topological polar surface area (TPSA) is 33.3 Å². The molecule has 1 aliphatic carbocycles. The van der Waals surface area contributed by atoms with E-state index in [1.807, 2.05) is 0 Å². The van der Waals surface area contributed by atoms with Crippen LogP contribution in [0.3, 0.4) is 0 Å². The Balaban J connectivity index is 1.51. The molecule has 0 heterocycles. The van der Waals surface area contributed by atoms with E-state index in [9.17, 15) is 0 Å². The SMILES string of the molecule is CC(C)NCc1ccc(OCCCCCNC2CC2)cc1. The van der Waals surface area contributed by atoms with E-state index in [0.29, 0.717) is 6.04 Å². The van der Waals surface area contributed by atoms with Gasteiger partial charge in [0.25, 0.3) is 0 Å². The average Bonchev–Trinajstić information content (AvgIpc) is 3.29. The molecule has 3 nitrogen and oxygen atoms in total. The fourth-order valence-electron chi connectivity index (χ4n) is 2.21. The highest BCUT2D eigenvalue weighted by Gasteiger charge is 2.19. The summed E-state index contributed by atoms with van der Waals surface area (Å²) < 4.78 is 5.79. The number of hydrogen-bond donors (Lipinski definition) is 2. The van der Waals surface area contributed by atoms with Gasteiger partial charge in [-0.05, 0) is 56.3 Å². The molecule has 1 saturated carbocycles. The van der Waals surface area contributed by atoms with E-state index in [-0.39, 0.29) is 0 Å². The summed E-state index contributed by atoms with van der Waals surface area (Å²) in [4.78, 5) is 0. The average molecular weight is 290 g/mol. The van der Waals surface area contributed by atoms with Crippen molar-refractivity contribution in [1.82, 2.24) is 10.6 Å². The van der Waals surface area contributed by atoms with Crippen LogP contribution in [0, 0.1) is 0 Å². The third-order valence-corrected chi connectivity index (χ3v) is 3.74. The Morgan fingerprint density at radius 3 is 2.52 bits per heavy atom. The molecule has 1 aromatic carbocycles. The van der Waals surface area contributed by atoms with Crippen molar-refractivity contribution in [2.45, 2.75) is 64.6 Å². The second kappa shape index (κ2) is 9.06. The van der Waals surface area contributed by atoms with E-state index in [2.05, 4.69) is 48.7 Å². The van der Waals surface area contributed by atoms with Gasteiger partial charge in [-0.1, -0.05) is 26.0 Å². The zero-order chi connectivity index (χ0) is 14.9. The van der Waals surface area contributed by atoms with E-state index >= 15 is 0 Å². The number of benzene rings is 1. The zero-order valence-corrected chi connectivity index (χ0v) is 13.5. The van der Waals surface area contributed by atoms with Crippen LogP contribution in [-0.4, -0.2) is 25.2 Å². The van der Waals surface area contributed by atoms with Crippen molar-refractivity contribution in [2.24, 2.45) is 0 Å². The summed E-state index contributed by atoms with van der Waals surface area (Å²) in [7, 11) is 0. The van der Waals surface area contributed by atoms with Crippen LogP contribution in [0.2, 0.25) is 0 Å². The van der Waals surface area contributed by atoms with E-state index in [1.54, 1.807) is 0 Å². The Labute approximate surface area is 129 Å². The Morgan fingerprint density at radius 1 is 1.10 bits per heavy atom. The second-order valence-electron chi connectivity index (χ2n) is 6.32. The smallest absolute Gasteiger partial charge is 0.119 e. The van der Waals surface area contributed by atoms with Crippen LogP contribution in [0.5, 0.6) is 5.75 Å². The van der Waals surface area contributed by atoms with Crippen LogP contribution in [0.1, 0.15) is 51.5 Å². The Morgan fingerprint density at radius 2 is 1.86 bits per heavy atom. The molecule has 1 aromatic rings. The standard InChI is InChI=1S/C18H30N2O/c1-15(2)20-14-16-6-10-18(11-7-16)21-13-5-3-4-12-19-17-8-9-17/h6-7,10-11,15,17,19-20H,3-5,8-9,12-14H2,1-2H3. The molecule has 0 aromatic heterocycles. The van der Waals surface area contributed by atoms with Crippen LogP contribution < -0.4 is 15.4 Å². The summed E-state index contributed by atoms with van der Waals surface area (Å²) in [5, 5.41) is 6.96. The van der Waals surface area contributed by atoms with Gasteiger partial charge in [0.05, 0.1) is 6.61 Å². The lowest BCUT2D eigenvalue weighted by atomic mass is 10.2. The quantitative estimate of drug-likeness (QED) is 0.612. The molecule has 0 bridgehead atoms. The van der Waals surface area contributed by atoms with Crippen molar-refractivity contribution >= 4 is 0 Å². The molecule has 0 saturated heterocycles. The second-order valence-corrected chi connectivity index (χ2v) is 6.32. The molecular weight excluding hydrogens is 260 g/mol. The molecule has 0 aliphatic heterocycles. The molecule has 0 spiro atoms. The maximum atomic E-state index is 5.79. The number of rotatable bonds is 11. The van der Waals surface area contributed by atoms with Crippen molar-refractivity contribution < 1.29 is 4.74 Å². The molecular formula is C18H30N2O. The van der Waals surface area contributed by atoms with Gasteiger partial charge in [0.15, 0.2) is 0 Å². The highest BCUT2D eigenvalue weighted by atomic mass is 16.5. The summed E-state index contributed by atoms with van der Waals surface area (Å²) in [5.74, 6) is 0.986. The highest BCUT2D eigenvalue weighted by Crippen LogP contribution is 2.18. The lowest BCUT2D eigenvalue weighted by Crippen LogP contribution is -2.21. The summed E-state index contributed by atoms with van der Waals surface area (Å²) in [6.45, 7) is 7.25. The van der Waals surface area contributed by atoms with Crippen molar-refractivity contribution in [3.63, 3.8) is 0 Å². The first-order valence-electron chi connectivity index (χ1n) is 8.42. The van der Waals surface area contributed by atoms with Crippen LogP contribution in [-0.2, 0) is 6.54 Å². The molecule has 21 heavy (non-hydrogen) atoms. The van der Waals surface area contributed by atoms with Crippen molar-refractivity contribution in [1.29, 1.82) is 0 Å². The molecule has 1 aliphatic rings. The minimum Gasteiger partial charge on any atom is -0.494 e. The molecule has 0 atom stereocenters. The fraction of sp³-hybridized carbons (Fsp3) is 0.667. The molecule has 3 heteroatoms. The molecule has 2 N–H and O–H groups in total. The van der Waals surface area contributed by atoms with Gasteiger partial charge in [-0.3, -0.25) is 0 Å². The number of hydrogen-bond acceptors (Lipinski definition) is 3. The van der Waals surface area contributed by atoms with Crippen LogP contribution >= 0.6 is 0 Å². The van der Waals surface area contributed by atoms with E-state index < -0.39 is 0 Å². The predicted molar refractivity (Wildman–Crippen MR) is 88.8 cm³/mol.